The maximum absolute atomic E-state index is 5.10. The fourth-order valence-corrected chi connectivity index (χ4v) is 8.45. The molecule has 0 bridgehead atoms. The van der Waals surface area contributed by atoms with Gasteiger partial charge in [0.1, 0.15) is 0 Å². The van der Waals surface area contributed by atoms with Crippen LogP contribution in [-0.4, -0.2) is 14.5 Å². The van der Waals surface area contributed by atoms with Crippen molar-refractivity contribution in [3.63, 3.8) is 0 Å². The SMILES string of the molecule is c1ccc(-c2cc(-c3ccccc3)nc(-c3ccc(-n4c5ccccc5c5c6c7ccccc7c7ccccc7c6c6ccccc6c54)cc3)n2)cc1. The lowest BCUT2D eigenvalue weighted by Gasteiger charge is -2.16. The van der Waals surface area contributed by atoms with E-state index in [0.29, 0.717) is 5.82 Å². The quantitative estimate of drug-likeness (QED) is 0.174. The molecule has 246 valence electrons. The Balaban J connectivity index is 1.19. The molecule has 0 saturated heterocycles. The summed E-state index contributed by atoms with van der Waals surface area (Å²) < 4.78 is 2.46. The van der Waals surface area contributed by atoms with Gasteiger partial charge in [0.2, 0.25) is 0 Å². The number of hydrogen-bond donors (Lipinski definition) is 0. The molecule has 2 aromatic heterocycles. The predicted molar refractivity (Wildman–Crippen MR) is 223 cm³/mol. The molecule has 9 aromatic carbocycles. The molecule has 53 heavy (non-hydrogen) atoms. The summed E-state index contributed by atoms with van der Waals surface area (Å²) in [6, 6.07) is 67.1. The van der Waals surface area contributed by atoms with Gasteiger partial charge in [0.15, 0.2) is 5.82 Å². The van der Waals surface area contributed by atoms with Crippen LogP contribution < -0.4 is 0 Å². The van der Waals surface area contributed by atoms with Gasteiger partial charge in [-0.1, -0.05) is 152 Å². The topological polar surface area (TPSA) is 30.7 Å². The number of rotatable bonds is 4. The summed E-state index contributed by atoms with van der Waals surface area (Å²) in [5.74, 6) is 0.703. The van der Waals surface area contributed by atoms with Gasteiger partial charge in [-0.3, -0.25) is 0 Å². The van der Waals surface area contributed by atoms with Gasteiger partial charge in [-0.2, -0.15) is 0 Å². The lowest BCUT2D eigenvalue weighted by molar-refractivity contribution is 1.17. The van der Waals surface area contributed by atoms with Gasteiger partial charge in [0, 0.05) is 43.9 Å². The highest BCUT2D eigenvalue weighted by molar-refractivity contribution is 6.42. The van der Waals surface area contributed by atoms with Crippen LogP contribution in [0.3, 0.4) is 0 Å². The Morgan fingerprint density at radius 2 is 0.774 bits per heavy atom. The molecule has 3 nitrogen and oxygen atoms in total. The van der Waals surface area contributed by atoms with Crippen LogP contribution in [0.5, 0.6) is 0 Å². The van der Waals surface area contributed by atoms with E-state index in [4.69, 9.17) is 9.97 Å². The van der Waals surface area contributed by atoms with E-state index in [-0.39, 0.29) is 0 Å². The number of para-hydroxylation sites is 1. The second kappa shape index (κ2) is 11.7. The molecule has 0 saturated carbocycles. The minimum absolute atomic E-state index is 0.703. The largest absolute Gasteiger partial charge is 0.309 e. The molecule has 0 fully saturated rings. The number of fused-ring (bicyclic) bond motifs is 13. The number of aromatic nitrogens is 3. The van der Waals surface area contributed by atoms with Crippen molar-refractivity contribution in [3.8, 4) is 39.6 Å². The molecule has 0 aliphatic carbocycles. The van der Waals surface area contributed by atoms with Crippen molar-refractivity contribution in [3.05, 3.63) is 188 Å². The molecule has 0 spiro atoms. The minimum atomic E-state index is 0.703. The maximum Gasteiger partial charge on any atom is 0.160 e. The molecule has 0 N–H and O–H groups in total. The Labute approximate surface area is 306 Å². The third kappa shape index (κ3) is 4.54. The molecule has 0 aliphatic rings. The first-order valence-electron chi connectivity index (χ1n) is 18.1. The van der Waals surface area contributed by atoms with Crippen molar-refractivity contribution in [1.29, 1.82) is 0 Å². The molecular weight excluding hydrogens is 643 g/mol. The summed E-state index contributed by atoms with van der Waals surface area (Å²) >= 11 is 0. The van der Waals surface area contributed by atoms with Crippen molar-refractivity contribution >= 4 is 64.9 Å². The molecule has 11 aromatic rings. The van der Waals surface area contributed by atoms with Gasteiger partial charge in [-0.05, 0) is 68.7 Å². The smallest absolute Gasteiger partial charge is 0.160 e. The van der Waals surface area contributed by atoms with Gasteiger partial charge < -0.3 is 4.57 Å². The number of hydrogen-bond acceptors (Lipinski definition) is 2. The van der Waals surface area contributed by atoms with Crippen LogP contribution in [0.25, 0.3) is 104 Å². The highest BCUT2D eigenvalue weighted by Crippen LogP contribution is 2.47. The van der Waals surface area contributed by atoms with Crippen LogP contribution in [0.1, 0.15) is 0 Å². The Bertz CT molecular complexity index is 3140. The zero-order chi connectivity index (χ0) is 34.9. The molecular formula is C50H31N3. The second-order valence-electron chi connectivity index (χ2n) is 13.7. The Hall–Kier alpha value is -7.10. The highest BCUT2D eigenvalue weighted by atomic mass is 15.0. The van der Waals surface area contributed by atoms with Gasteiger partial charge in [0.25, 0.3) is 0 Å². The maximum atomic E-state index is 5.10. The van der Waals surface area contributed by atoms with Crippen LogP contribution in [0.15, 0.2) is 188 Å². The summed E-state index contributed by atoms with van der Waals surface area (Å²) in [7, 11) is 0. The first-order valence-corrected chi connectivity index (χ1v) is 18.1. The van der Waals surface area contributed by atoms with E-state index >= 15 is 0 Å². The summed E-state index contributed by atoms with van der Waals surface area (Å²) in [5.41, 5.74) is 8.40. The monoisotopic (exact) mass is 673 g/mol. The van der Waals surface area contributed by atoms with E-state index in [2.05, 4.69) is 180 Å². The van der Waals surface area contributed by atoms with E-state index < -0.39 is 0 Å². The first kappa shape index (κ1) is 29.6. The van der Waals surface area contributed by atoms with Crippen LogP contribution in [-0.2, 0) is 0 Å². The summed E-state index contributed by atoms with van der Waals surface area (Å²) in [5, 5.41) is 12.8. The lowest BCUT2D eigenvalue weighted by Crippen LogP contribution is -1.98. The Morgan fingerprint density at radius 1 is 0.321 bits per heavy atom. The van der Waals surface area contributed by atoms with E-state index in [1.165, 1.54) is 64.9 Å². The van der Waals surface area contributed by atoms with Gasteiger partial charge in [0.05, 0.1) is 22.4 Å². The van der Waals surface area contributed by atoms with E-state index in [9.17, 15) is 0 Å². The van der Waals surface area contributed by atoms with Gasteiger partial charge in [-0.25, -0.2) is 9.97 Å². The molecule has 0 aliphatic heterocycles. The van der Waals surface area contributed by atoms with E-state index in [1.807, 2.05) is 12.1 Å². The summed E-state index contributed by atoms with van der Waals surface area (Å²) in [6.07, 6.45) is 0. The van der Waals surface area contributed by atoms with Crippen LogP contribution in [0.2, 0.25) is 0 Å². The van der Waals surface area contributed by atoms with Crippen LogP contribution in [0.4, 0.5) is 0 Å². The zero-order valence-corrected chi connectivity index (χ0v) is 28.7. The third-order valence-corrected chi connectivity index (χ3v) is 10.8. The predicted octanol–water partition coefficient (Wildman–Crippen LogP) is 13.2. The Kier molecular flexibility index (Phi) is 6.55. The second-order valence-corrected chi connectivity index (χ2v) is 13.7. The standard InChI is InChI=1S/C50H31N3/c1-3-15-32(16-4-1)43-31-44(33-17-5-2-6-18-33)52-50(51-43)34-27-29-35(30-28-34)53-45-26-14-13-25-42(45)48-47-39-22-10-8-20-37(39)36-19-7-9-21-38(36)46(47)40-23-11-12-24-41(40)49(48)53/h1-31H. The molecule has 0 unspecified atom stereocenters. The summed E-state index contributed by atoms with van der Waals surface area (Å²) in [4.78, 5) is 10.2. The van der Waals surface area contributed by atoms with E-state index in [0.717, 1.165) is 33.8 Å². The number of benzene rings is 9. The molecule has 11 rings (SSSR count). The lowest BCUT2D eigenvalue weighted by atomic mass is 9.88. The fourth-order valence-electron chi connectivity index (χ4n) is 8.45. The first-order chi connectivity index (χ1) is 26.3. The highest BCUT2D eigenvalue weighted by Gasteiger charge is 2.22. The average Bonchev–Trinajstić information content (AvgIpc) is 3.59. The van der Waals surface area contributed by atoms with Gasteiger partial charge >= 0.3 is 0 Å². The van der Waals surface area contributed by atoms with Crippen LogP contribution in [0, 0.1) is 0 Å². The fraction of sp³-hybridized carbons (Fsp3) is 0. The van der Waals surface area contributed by atoms with Crippen molar-refractivity contribution in [2.24, 2.45) is 0 Å². The Morgan fingerprint density at radius 3 is 1.36 bits per heavy atom. The number of nitrogens with zero attached hydrogens (tertiary/aromatic N) is 3. The summed E-state index contributed by atoms with van der Waals surface area (Å²) in [6.45, 7) is 0. The van der Waals surface area contributed by atoms with Crippen molar-refractivity contribution in [1.82, 2.24) is 14.5 Å². The average molecular weight is 674 g/mol. The van der Waals surface area contributed by atoms with E-state index in [1.54, 1.807) is 0 Å². The molecule has 0 amide bonds. The zero-order valence-electron chi connectivity index (χ0n) is 28.7. The van der Waals surface area contributed by atoms with Crippen molar-refractivity contribution < 1.29 is 0 Å². The normalized spacial score (nSPS) is 11.8. The van der Waals surface area contributed by atoms with Gasteiger partial charge in [-0.15, -0.1) is 0 Å². The van der Waals surface area contributed by atoms with Crippen molar-refractivity contribution in [2.45, 2.75) is 0 Å². The van der Waals surface area contributed by atoms with Crippen LogP contribution >= 0.6 is 0 Å². The molecule has 3 heteroatoms. The molecule has 0 atom stereocenters. The third-order valence-electron chi connectivity index (χ3n) is 10.8. The minimum Gasteiger partial charge on any atom is -0.309 e. The molecule has 0 radical (unpaired) electrons. The molecule has 2 heterocycles. The van der Waals surface area contributed by atoms with Crippen molar-refractivity contribution in [2.75, 3.05) is 0 Å².